The number of esters is 1. The number of hydrogen-bond donors (Lipinski definition) is 0. The van der Waals surface area contributed by atoms with Gasteiger partial charge in [0, 0.05) is 6.42 Å². The van der Waals surface area contributed by atoms with E-state index in [1.54, 1.807) is 0 Å². The second kappa shape index (κ2) is 18.3. The number of rotatable bonds is 16. The van der Waals surface area contributed by atoms with Crippen molar-refractivity contribution in [1.82, 2.24) is 0 Å². The molecular formula is C22H40O2. The van der Waals surface area contributed by atoms with E-state index in [2.05, 4.69) is 45.1 Å². The molecule has 0 N–H and O–H groups in total. The van der Waals surface area contributed by atoms with E-state index in [1.807, 2.05) is 0 Å². The molecule has 0 aromatic rings. The predicted octanol–water partition coefficient (Wildman–Crippen LogP) is 7.00. The number of allylic oxidation sites excluding steroid dienone is 4. The minimum Gasteiger partial charge on any atom is -0.465 e. The van der Waals surface area contributed by atoms with Crippen LogP contribution in [0.5, 0.6) is 0 Å². The Morgan fingerprint density at radius 1 is 0.833 bits per heavy atom. The molecule has 0 aromatic carbocycles. The maximum absolute atomic E-state index is 11.4. The molecular weight excluding hydrogens is 296 g/mol. The summed E-state index contributed by atoms with van der Waals surface area (Å²) in [6, 6.07) is 0. The fourth-order valence-corrected chi connectivity index (χ4v) is 2.41. The quantitative estimate of drug-likeness (QED) is 0.172. The van der Waals surface area contributed by atoms with E-state index in [4.69, 9.17) is 4.74 Å². The lowest BCUT2D eigenvalue weighted by atomic mass is 10.1. The normalized spacial score (nSPS) is 11.8. The van der Waals surface area contributed by atoms with Crippen LogP contribution in [-0.2, 0) is 9.53 Å². The van der Waals surface area contributed by atoms with Crippen molar-refractivity contribution in [3.8, 4) is 0 Å². The monoisotopic (exact) mass is 336 g/mol. The zero-order valence-electron chi connectivity index (χ0n) is 16.4. The standard InChI is InChI=1S/C22H40O2/c1-4-5-6-7-8-9-10-11-12-13-14-15-16-17-18-19-22(23)24-20-21(2)3/h8-9,11-12,21H,4-7,10,13-20H2,1-3H3/b9-8-,12-11-. The van der Waals surface area contributed by atoms with Crippen molar-refractivity contribution in [2.75, 3.05) is 6.61 Å². The van der Waals surface area contributed by atoms with Crippen LogP contribution >= 0.6 is 0 Å². The summed E-state index contributed by atoms with van der Waals surface area (Å²) < 4.78 is 5.17. The smallest absolute Gasteiger partial charge is 0.305 e. The lowest BCUT2D eigenvalue weighted by molar-refractivity contribution is -0.144. The number of carbonyl (C=O) groups excluding carboxylic acids is 1. The van der Waals surface area contributed by atoms with Crippen molar-refractivity contribution in [3.63, 3.8) is 0 Å². The molecule has 0 saturated carbocycles. The van der Waals surface area contributed by atoms with Crippen molar-refractivity contribution < 1.29 is 9.53 Å². The topological polar surface area (TPSA) is 26.3 Å². The van der Waals surface area contributed by atoms with E-state index >= 15 is 0 Å². The molecule has 0 fully saturated rings. The largest absolute Gasteiger partial charge is 0.465 e. The maximum Gasteiger partial charge on any atom is 0.305 e. The van der Waals surface area contributed by atoms with Crippen molar-refractivity contribution in [2.45, 2.75) is 97.8 Å². The van der Waals surface area contributed by atoms with Gasteiger partial charge in [-0.2, -0.15) is 0 Å². The van der Waals surface area contributed by atoms with Gasteiger partial charge in [0.15, 0.2) is 0 Å². The first-order valence-electron chi connectivity index (χ1n) is 10.1. The van der Waals surface area contributed by atoms with E-state index in [0.29, 0.717) is 18.9 Å². The van der Waals surface area contributed by atoms with Gasteiger partial charge in [-0.1, -0.05) is 77.2 Å². The molecule has 0 heterocycles. The molecule has 0 aliphatic heterocycles. The Labute approximate surface area is 150 Å². The van der Waals surface area contributed by atoms with Crippen LogP contribution in [0.25, 0.3) is 0 Å². The first-order chi connectivity index (χ1) is 11.7. The lowest BCUT2D eigenvalue weighted by Gasteiger charge is -2.06. The molecule has 0 saturated heterocycles. The average Bonchev–Trinajstić information content (AvgIpc) is 2.56. The van der Waals surface area contributed by atoms with Crippen molar-refractivity contribution in [2.24, 2.45) is 5.92 Å². The van der Waals surface area contributed by atoms with Crippen LogP contribution < -0.4 is 0 Å². The van der Waals surface area contributed by atoms with Gasteiger partial charge in [-0.15, -0.1) is 0 Å². The Bertz CT molecular complexity index is 329. The van der Waals surface area contributed by atoms with E-state index in [-0.39, 0.29) is 5.97 Å². The number of unbranched alkanes of at least 4 members (excludes halogenated alkanes) is 8. The average molecular weight is 337 g/mol. The first kappa shape index (κ1) is 22.9. The van der Waals surface area contributed by atoms with Crippen LogP contribution in [-0.4, -0.2) is 12.6 Å². The minimum absolute atomic E-state index is 0.0330. The summed E-state index contributed by atoms with van der Waals surface area (Å²) in [7, 11) is 0. The molecule has 0 unspecified atom stereocenters. The molecule has 0 aliphatic carbocycles. The summed E-state index contributed by atoms with van der Waals surface area (Å²) >= 11 is 0. The van der Waals surface area contributed by atoms with Gasteiger partial charge in [0.1, 0.15) is 0 Å². The van der Waals surface area contributed by atoms with Crippen LogP contribution in [0.1, 0.15) is 97.8 Å². The van der Waals surface area contributed by atoms with Gasteiger partial charge in [0.2, 0.25) is 0 Å². The molecule has 0 aliphatic rings. The highest BCUT2D eigenvalue weighted by atomic mass is 16.5. The van der Waals surface area contributed by atoms with E-state index in [1.165, 1.54) is 51.4 Å². The molecule has 0 bridgehead atoms. The molecule has 0 rings (SSSR count). The molecule has 0 aromatic heterocycles. The summed E-state index contributed by atoms with van der Waals surface area (Å²) in [6.07, 6.45) is 23.1. The lowest BCUT2D eigenvalue weighted by Crippen LogP contribution is -2.09. The van der Waals surface area contributed by atoms with Crippen molar-refractivity contribution in [1.29, 1.82) is 0 Å². The summed E-state index contributed by atoms with van der Waals surface area (Å²) in [4.78, 5) is 11.4. The zero-order chi connectivity index (χ0) is 17.9. The fourth-order valence-electron chi connectivity index (χ4n) is 2.41. The van der Waals surface area contributed by atoms with Gasteiger partial charge in [-0.25, -0.2) is 0 Å². The van der Waals surface area contributed by atoms with Gasteiger partial charge < -0.3 is 4.74 Å². The van der Waals surface area contributed by atoms with Crippen LogP contribution in [0, 0.1) is 5.92 Å². The molecule has 24 heavy (non-hydrogen) atoms. The number of carbonyl (C=O) groups is 1. The van der Waals surface area contributed by atoms with Gasteiger partial charge in [0.05, 0.1) is 6.61 Å². The summed E-state index contributed by atoms with van der Waals surface area (Å²) in [5.41, 5.74) is 0. The third kappa shape index (κ3) is 19.0. The second-order valence-electron chi connectivity index (χ2n) is 7.06. The van der Waals surface area contributed by atoms with E-state index < -0.39 is 0 Å². The Morgan fingerprint density at radius 2 is 1.42 bits per heavy atom. The molecule has 0 spiro atoms. The van der Waals surface area contributed by atoms with Crippen LogP contribution in [0.3, 0.4) is 0 Å². The van der Waals surface area contributed by atoms with E-state index in [0.717, 1.165) is 19.3 Å². The molecule has 0 radical (unpaired) electrons. The van der Waals surface area contributed by atoms with E-state index in [9.17, 15) is 4.79 Å². The molecule has 2 heteroatoms. The fraction of sp³-hybridized carbons (Fsp3) is 0.773. The second-order valence-corrected chi connectivity index (χ2v) is 7.06. The third-order valence-corrected chi connectivity index (χ3v) is 3.91. The van der Waals surface area contributed by atoms with Gasteiger partial charge in [0.25, 0.3) is 0 Å². The zero-order valence-corrected chi connectivity index (χ0v) is 16.4. The van der Waals surface area contributed by atoms with Crippen LogP contribution in [0.2, 0.25) is 0 Å². The predicted molar refractivity (Wildman–Crippen MR) is 105 cm³/mol. The SMILES string of the molecule is CCCCC/C=C\C/C=C\CCCCCCCC(=O)OCC(C)C. The highest BCUT2D eigenvalue weighted by Crippen LogP contribution is 2.09. The maximum atomic E-state index is 11.4. The highest BCUT2D eigenvalue weighted by Gasteiger charge is 2.03. The highest BCUT2D eigenvalue weighted by molar-refractivity contribution is 5.69. The van der Waals surface area contributed by atoms with Crippen molar-refractivity contribution in [3.05, 3.63) is 24.3 Å². The van der Waals surface area contributed by atoms with Gasteiger partial charge >= 0.3 is 5.97 Å². The number of hydrogen-bond acceptors (Lipinski definition) is 2. The Hall–Kier alpha value is -1.05. The molecule has 0 atom stereocenters. The molecule has 2 nitrogen and oxygen atoms in total. The van der Waals surface area contributed by atoms with Crippen LogP contribution in [0.4, 0.5) is 0 Å². The Balaban J connectivity index is 3.27. The molecule has 0 amide bonds. The summed E-state index contributed by atoms with van der Waals surface area (Å²) in [5, 5.41) is 0. The van der Waals surface area contributed by atoms with Crippen LogP contribution in [0.15, 0.2) is 24.3 Å². The Morgan fingerprint density at radius 3 is 2.04 bits per heavy atom. The first-order valence-corrected chi connectivity index (χ1v) is 10.1. The Kier molecular flexibility index (Phi) is 17.5. The summed E-state index contributed by atoms with van der Waals surface area (Å²) in [6.45, 7) is 6.92. The molecule has 140 valence electrons. The van der Waals surface area contributed by atoms with Gasteiger partial charge in [-0.3, -0.25) is 4.79 Å². The minimum atomic E-state index is -0.0330. The van der Waals surface area contributed by atoms with Crippen molar-refractivity contribution >= 4 is 5.97 Å². The number of ether oxygens (including phenoxy) is 1. The summed E-state index contributed by atoms with van der Waals surface area (Å²) in [5.74, 6) is 0.396. The van der Waals surface area contributed by atoms with Gasteiger partial charge in [-0.05, 0) is 44.4 Å². The third-order valence-electron chi connectivity index (χ3n) is 3.91.